The molecule has 0 aromatic rings. The fourth-order valence-electron chi connectivity index (χ4n) is 0.682. The van der Waals surface area contributed by atoms with Crippen LogP contribution in [0.5, 0.6) is 0 Å². The highest BCUT2D eigenvalue weighted by Gasteiger charge is 2.49. The summed E-state index contributed by atoms with van der Waals surface area (Å²) in [6.45, 7) is -0.510. The van der Waals surface area contributed by atoms with Crippen molar-refractivity contribution in [1.82, 2.24) is 0 Å². The highest BCUT2D eigenvalue weighted by molar-refractivity contribution is 7.87. The first-order valence-corrected chi connectivity index (χ1v) is 5.35. The summed E-state index contributed by atoms with van der Waals surface area (Å²) in [6.07, 6.45) is -5.37. The van der Waals surface area contributed by atoms with Gasteiger partial charge in [-0.05, 0) is 6.42 Å². The van der Waals surface area contributed by atoms with Gasteiger partial charge in [0.25, 0.3) is 0 Å². The monoisotopic (exact) mass is 274 g/mol. The van der Waals surface area contributed by atoms with Gasteiger partial charge in [-0.3, -0.25) is 4.18 Å². The van der Waals surface area contributed by atoms with Crippen LogP contribution in [-0.2, 0) is 14.3 Å². The predicted molar refractivity (Wildman–Crippen MR) is 40.8 cm³/mol. The number of alkyl halides is 6. The summed E-state index contributed by atoms with van der Waals surface area (Å²) in [7, 11) is -5.96. The molecule has 0 amide bonds. The minimum atomic E-state index is -5.96. The van der Waals surface area contributed by atoms with Crippen molar-refractivity contribution in [2.24, 2.45) is 5.92 Å². The van der Waals surface area contributed by atoms with Crippen molar-refractivity contribution in [1.29, 1.82) is 0 Å². The number of rotatable bonds is 4. The summed E-state index contributed by atoms with van der Waals surface area (Å²) in [4.78, 5) is 0. The SMILES string of the molecule is CCC(COS(=O)(=O)C(F)(F)F)C(F)(F)F. The zero-order chi connectivity index (χ0) is 13.2. The molecule has 0 saturated heterocycles. The Hall–Kier alpha value is -0.510. The minimum absolute atomic E-state index is 0.573. The molecule has 0 aliphatic carbocycles. The van der Waals surface area contributed by atoms with Crippen LogP contribution in [0.1, 0.15) is 13.3 Å². The first kappa shape index (κ1) is 15.5. The van der Waals surface area contributed by atoms with Gasteiger partial charge in [0.15, 0.2) is 0 Å². The molecule has 0 aromatic carbocycles. The summed E-state index contributed by atoms with van der Waals surface area (Å²) in [5.74, 6) is -2.25. The molecule has 0 N–H and O–H groups in total. The van der Waals surface area contributed by atoms with E-state index in [4.69, 9.17) is 0 Å². The minimum Gasteiger partial charge on any atom is -0.263 e. The molecule has 1 atom stereocenters. The van der Waals surface area contributed by atoms with Crippen LogP contribution in [0.25, 0.3) is 0 Å². The van der Waals surface area contributed by atoms with Crippen molar-refractivity contribution in [2.75, 3.05) is 6.61 Å². The van der Waals surface area contributed by atoms with Crippen LogP contribution in [0.15, 0.2) is 0 Å². The molecule has 0 aliphatic rings. The smallest absolute Gasteiger partial charge is 0.263 e. The van der Waals surface area contributed by atoms with Gasteiger partial charge in [-0.15, -0.1) is 0 Å². The topological polar surface area (TPSA) is 43.4 Å². The largest absolute Gasteiger partial charge is 0.523 e. The first-order valence-electron chi connectivity index (χ1n) is 3.94. The van der Waals surface area contributed by atoms with Gasteiger partial charge in [-0.1, -0.05) is 6.92 Å². The summed E-state index contributed by atoms with van der Waals surface area (Å²) in [5, 5.41) is 0. The van der Waals surface area contributed by atoms with Crippen LogP contribution < -0.4 is 0 Å². The molecular weight excluding hydrogens is 266 g/mol. The second-order valence-corrected chi connectivity index (χ2v) is 4.44. The Morgan fingerprint density at radius 3 is 1.81 bits per heavy atom. The van der Waals surface area contributed by atoms with Crippen molar-refractivity contribution in [3.05, 3.63) is 0 Å². The third-order valence-corrected chi connectivity index (χ3v) is 2.68. The van der Waals surface area contributed by atoms with E-state index in [1.165, 1.54) is 0 Å². The molecule has 3 nitrogen and oxygen atoms in total. The maximum atomic E-state index is 12.0. The van der Waals surface area contributed by atoms with Crippen LogP contribution >= 0.6 is 0 Å². The van der Waals surface area contributed by atoms with Crippen LogP contribution in [0.4, 0.5) is 26.3 Å². The van der Waals surface area contributed by atoms with E-state index >= 15 is 0 Å². The van der Waals surface area contributed by atoms with Gasteiger partial charge in [-0.25, -0.2) is 0 Å². The van der Waals surface area contributed by atoms with E-state index in [2.05, 4.69) is 4.18 Å². The van der Waals surface area contributed by atoms with Gasteiger partial charge >= 0.3 is 21.8 Å². The Labute approximate surface area is 87.5 Å². The van der Waals surface area contributed by atoms with E-state index in [1.807, 2.05) is 0 Å². The summed E-state index contributed by atoms with van der Waals surface area (Å²) >= 11 is 0. The molecule has 0 rings (SSSR count). The van der Waals surface area contributed by atoms with E-state index < -0.39 is 40.7 Å². The molecule has 0 aromatic heterocycles. The van der Waals surface area contributed by atoms with Crippen LogP contribution in [0.3, 0.4) is 0 Å². The van der Waals surface area contributed by atoms with E-state index in [1.54, 1.807) is 0 Å². The lowest BCUT2D eigenvalue weighted by atomic mass is 10.1. The lowest BCUT2D eigenvalue weighted by Crippen LogP contribution is -2.32. The molecule has 16 heavy (non-hydrogen) atoms. The molecule has 10 heteroatoms. The molecule has 1 unspecified atom stereocenters. The molecular formula is C6H8F6O3S. The standard InChI is InChI=1S/C6H8F6O3S/c1-2-4(5(7,8)9)3-15-16(13,14)6(10,11)12/h4H,2-3H2,1H3. The van der Waals surface area contributed by atoms with Crippen molar-refractivity contribution < 1.29 is 38.9 Å². The highest BCUT2D eigenvalue weighted by Crippen LogP contribution is 2.31. The van der Waals surface area contributed by atoms with Gasteiger partial charge < -0.3 is 0 Å². The fourth-order valence-corrected chi connectivity index (χ4v) is 1.16. The Morgan fingerprint density at radius 1 is 1.12 bits per heavy atom. The van der Waals surface area contributed by atoms with E-state index in [0.29, 0.717) is 0 Å². The average molecular weight is 274 g/mol. The zero-order valence-electron chi connectivity index (χ0n) is 7.89. The van der Waals surface area contributed by atoms with Crippen LogP contribution in [0.2, 0.25) is 0 Å². The Morgan fingerprint density at radius 2 is 1.56 bits per heavy atom. The molecule has 0 aliphatic heterocycles. The average Bonchev–Trinajstić information content (AvgIpc) is 2.00. The van der Waals surface area contributed by atoms with Gasteiger partial charge in [0, 0.05) is 0 Å². The molecule has 0 fully saturated rings. The third-order valence-electron chi connectivity index (χ3n) is 1.66. The number of halogens is 6. The van der Waals surface area contributed by atoms with Gasteiger partial charge in [-0.2, -0.15) is 34.8 Å². The second-order valence-electron chi connectivity index (χ2n) is 2.83. The van der Waals surface area contributed by atoms with Gasteiger partial charge in [0.1, 0.15) is 0 Å². The molecule has 0 spiro atoms. The Kier molecular flexibility index (Phi) is 4.63. The zero-order valence-corrected chi connectivity index (χ0v) is 8.71. The summed E-state index contributed by atoms with van der Waals surface area (Å²) in [6, 6.07) is 0. The Balaban J connectivity index is 4.58. The van der Waals surface area contributed by atoms with Crippen molar-refractivity contribution in [3.8, 4) is 0 Å². The summed E-state index contributed by atoms with van der Waals surface area (Å²) < 4.78 is 95.0. The lowest BCUT2D eigenvalue weighted by molar-refractivity contribution is -0.183. The molecule has 0 heterocycles. The lowest BCUT2D eigenvalue weighted by Gasteiger charge is -2.18. The highest BCUT2D eigenvalue weighted by atomic mass is 32.2. The summed E-state index contributed by atoms with van der Waals surface area (Å²) in [5.41, 5.74) is -5.71. The first-order chi connectivity index (χ1) is 6.92. The maximum absolute atomic E-state index is 12.0. The van der Waals surface area contributed by atoms with E-state index in [9.17, 15) is 34.8 Å². The molecule has 0 bridgehead atoms. The van der Waals surface area contributed by atoms with Gasteiger partial charge in [0.2, 0.25) is 0 Å². The molecule has 98 valence electrons. The van der Waals surface area contributed by atoms with Crippen LogP contribution in [0, 0.1) is 5.92 Å². The quantitative estimate of drug-likeness (QED) is 0.449. The predicted octanol–water partition coefficient (Wildman–Crippen LogP) is 2.44. The van der Waals surface area contributed by atoms with Crippen LogP contribution in [-0.4, -0.2) is 26.7 Å². The maximum Gasteiger partial charge on any atom is 0.523 e. The normalized spacial score (nSPS) is 16.2. The van der Waals surface area contributed by atoms with Gasteiger partial charge in [0.05, 0.1) is 12.5 Å². The third kappa shape index (κ3) is 4.16. The van der Waals surface area contributed by atoms with E-state index in [-0.39, 0.29) is 0 Å². The number of hydrogen-bond donors (Lipinski definition) is 0. The molecule has 0 radical (unpaired) electrons. The van der Waals surface area contributed by atoms with Crippen molar-refractivity contribution in [2.45, 2.75) is 25.0 Å². The van der Waals surface area contributed by atoms with Crippen molar-refractivity contribution in [3.63, 3.8) is 0 Å². The van der Waals surface area contributed by atoms with E-state index in [0.717, 1.165) is 6.92 Å². The second kappa shape index (κ2) is 4.78. The van der Waals surface area contributed by atoms with Crippen molar-refractivity contribution >= 4 is 10.1 Å². The molecule has 0 saturated carbocycles. The fraction of sp³-hybridized carbons (Fsp3) is 1.00. The number of hydrogen-bond acceptors (Lipinski definition) is 3. The Bertz CT molecular complexity index is 316.